The lowest BCUT2D eigenvalue weighted by molar-refractivity contribution is 0.731. The van der Waals surface area contributed by atoms with Crippen molar-refractivity contribution >= 4 is 64.6 Å². The van der Waals surface area contributed by atoms with E-state index in [0.717, 1.165) is 13.1 Å². The summed E-state index contributed by atoms with van der Waals surface area (Å²) in [6, 6.07) is 8.28. The summed E-state index contributed by atoms with van der Waals surface area (Å²) in [4.78, 5) is 0. The maximum atomic E-state index is 3.32. The van der Waals surface area contributed by atoms with Gasteiger partial charge in [0.15, 0.2) is 0 Å². The Morgan fingerprint density at radius 2 is 1.14 bits per heavy atom. The van der Waals surface area contributed by atoms with E-state index >= 15 is 0 Å². The Labute approximate surface area is 118 Å². The number of benzene rings is 1. The quantitative estimate of drug-likeness (QED) is 0.621. The van der Waals surface area contributed by atoms with Gasteiger partial charge in [0.25, 0.3) is 0 Å². The van der Waals surface area contributed by atoms with Gasteiger partial charge < -0.3 is 0 Å². The van der Waals surface area contributed by atoms with E-state index in [4.69, 9.17) is 0 Å². The van der Waals surface area contributed by atoms with Crippen molar-refractivity contribution in [3.63, 3.8) is 0 Å². The molecule has 0 aliphatic carbocycles. The standard InChI is InChI=1S/C8H8Br4N2/c9-13(10)5-7-3-1-2-4-8(7)6-14(11)12/h1-4H,5-6H2. The third-order valence-corrected chi connectivity index (χ3v) is 2.70. The predicted molar refractivity (Wildman–Crippen MR) is 73.2 cm³/mol. The summed E-state index contributed by atoms with van der Waals surface area (Å²) in [5.41, 5.74) is 2.54. The first kappa shape index (κ1) is 13.1. The van der Waals surface area contributed by atoms with E-state index < -0.39 is 0 Å². The molecule has 0 spiro atoms. The SMILES string of the molecule is BrN(Br)Cc1ccccc1CN(Br)Br. The highest BCUT2D eigenvalue weighted by molar-refractivity contribution is 9.21. The van der Waals surface area contributed by atoms with Crippen molar-refractivity contribution in [2.75, 3.05) is 0 Å². The van der Waals surface area contributed by atoms with Gasteiger partial charge in [-0.25, -0.2) is 0 Å². The molecule has 0 radical (unpaired) electrons. The Kier molecular flexibility index (Phi) is 6.19. The van der Waals surface area contributed by atoms with Gasteiger partial charge in [-0.05, 0) is 11.1 Å². The summed E-state index contributed by atoms with van der Waals surface area (Å²) >= 11 is 13.3. The second kappa shape index (κ2) is 6.60. The minimum atomic E-state index is 0.810. The van der Waals surface area contributed by atoms with Crippen molar-refractivity contribution in [1.29, 1.82) is 0 Å². The van der Waals surface area contributed by atoms with Gasteiger partial charge in [-0.1, -0.05) is 24.3 Å². The molecule has 1 rings (SSSR count). The van der Waals surface area contributed by atoms with Gasteiger partial charge >= 0.3 is 0 Å². The van der Waals surface area contributed by atoms with Gasteiger partial charge in [0.1, 0.15) is 0 Å². The first-order valence-electron chi connectivity index (χ1n) is 3.84. The van der Waals surface area contributed by atoms with E-state index in [1.165, 1.54) is 11.1 Å². The molecule has 0 N–H and O–H groups in total. The van der Waals surface area contributed by atoms with Crippen molar-refractivity contribution in [3.8, 4) is 0 Å². The smallest absolute Gasteiger partial charge is 0.0462 e. The Hall–Kier alpha value is 1.06. The average Bonchev–Trinajstić information content (AvgIpc) is 2.06. The van der Waals surface area contributed by atoms with E-state index in [-0.39, 0.29) is 0 Å². The molecule has 0 bridgehead atoms. The van der Waals surface area contributed by atoms with Gasteiger partial charge in [0.05, 0.1) is 0 Å². The van der Waals surface area contributed by atoms with Crippen LogP contribution in [0.4, 0.5) is 0 Å². The Bertz CT molecular complexity index is 261. The molecule has 6 heteroatoms. The Balaban J connectivity index is 2.80. The summed E-state index contributed by atoms with van der Waals surface area (Å²) in [5, 5.41) is 0. The second-order valence-corrected chi connectivity index (χ2v) is 8.02. The molecule has 0 saturated heterocycles. The predicted octanol–water partition coefficient (Wildman–Crippen LogP) is 4.53. The van der Waals surface area contributed by atoms with Crippen LogP contribution in [0.3, 0.4) is 0 Å². The van der Waals surface area contributed by atoms with Crippen LogP contribution in [0.2, 0.25) is 0 Å². The van der Waals surface area contributed by atoms with Crippen molar-refractivity contribution in [1.82, 2.24) is 5.90 Å². The van der Waals surface area contributed by atoms with Crippen LogP contribution in [-0.4, -0.2) is 5.90 Å². The van der Waals surface area contributed by atoms with Crippen LogP contribution in [0.1, 0.15) is 11.1 Å². The molecule has 0 aromatic heterocycles. The van der Waals surface area contributed by atoms with Crippen LogP contribution in [-0.2, 0) is 13.1 Å². The summed E-state index contributed by atoms with van der Waals surface area (Å²) in [6.07, 6.45) is 0. The summed E-state index contributed by atoms with van der Waals surface area (Å²) in [6.45, 7) is 1.62. The molecule has 1 aromatic carbocycles. The first-order chi connectivity index (χ1) is 6.59. The van der Waals surface area contributed by atoms with E-state index in [9.17, 15) is 0 Å². The van der Waals surface area contributed by atoms with Gasteiger partial charge in [0, 0.05) is 77.7 Å². The molecule has 1 aromatic rings. The summed E-state index contributed by atoms with van der Waals surface area (Å²) < 4.78 is 3.59. The lowest BCUT2D eigenvalue weighted by Gasteiger charge is -2.12. The van der Waals surface area contributed by atoms with Crippen LogP contribution in [0.25, 0.3) is 0 Å². The zero-order valence-electron chi connectivity index (χ0n) is 7.13. The third-order valence-electron chi connectivity index (χ3n) is 1.70. The zero-order valence-corrected chi connectivity index (χ0v) is 13.5. The van der Waals surface area contributed by atoms with E-state index in [1.807, 2.05) is 12.1 Å². The minimum absolute atomic E-state index is 0.810. The topological polar surface area (TPSA) is 6.48 Å². The highest BCUT2D eigenvalue weighted by Crippen LogP contribution is 2.20. The van der Waals surface area contributed by atoms with Crippen molar-refractivity contribution in [2.24, 2.45) is 0 Å². The number of rotatable bonds is 4. The molecule has 0 atom stereocenters. The summed E-state index contributed by atoms with van der Waals surface area (Å²) in [7, 11) is 0. The molecule has 0 saturated carbocycles. The van der Waals surface area contributed by atoms with Crippen LogP contribution in [0.15, 0.2) is 24.3 Å². The molecule has 14 heavy (non-hydrogen) atoms. The zero-order chi connectivity index (χ0) is 10.6. The van der Waals surface area contributed by atoms with Gasteiger partial charge in [0.2, 0.25) is 0 Å². The van der Waals surface area contributed by atoms with Crippen molar-refractivity contribution in [3.05, 3.63) is 35.4 Å². The van der Waals surface area contributed by atoms with E-state index in [1.54, 1.807) is 5.90 Å². The largest absolute Gasteiger partial charge is 0.173 e. The van der Waals surface area contributed by atoms with Gasteiger partial charge in [-0.3, -0.25) is 0 Å². The van der Waals surface area contributed by atoms with Crippen molar-refractivity contribution < 1.29 is 0 Å². The normalized spacial score (nSPS) is 11.3. The molecule has 0 fully saturated rings. The summed E-state index contributed by atoms with van der Waals surface area (Å²) in [5.74, 6) is 0. The second-order valence-electron chi connectivity index (χ2n) is 2.69. The highest BCUT2D eigenvalue weighted by Gasteiger charge is 2.06. The van der Waals surface area contributed by atoms with Gasteiger partial charge in [-0.2, -0.15) is 5.90 Å². The van der Waals surface area contributed by atoms with Crippen LogP contribution in [0, 0.1) is 0 Å². The van der Waals surface area contributed by atoms with Crippen LogP contribution >= 0.6 is 64.6 Å². The number of halogens is 4. The highest BCUT2D eigenvalue weighted by atomic mass is 79.9. The molecular weight excluding hydrogens is 444 g/mol. The molecule has 78 valence electrons. The monoisotopic (exact) mass is 448 g/mol. The Morgan fingerprint density at radius 1 is 0.786 bits per heavy atom. The number of hydrogen-bond acceptors (Lipinski definition) is 2. The molecule has 0 unspecified atom stereocenters. The maximum absolute atomic E-state index is 3.32. The molecule has 2 nitrogen and oxygen atoms in total. The number of nitrogens with zero attached hydrogens (tertiary/aromatic N) is 2. The molecule has 0 aliphatic rings. The number of hydrogen-bond donors (Lipinski definition) is 0. The Morgan fingerprint density at radius 3 is 1.43 bits per heavy atom. The first-order valence-corrected chi connectivity index (χ1v) is 6.68. The van der Waals surface area contributed by atoms with Crippen LogP contribution in [0.5, 0.6) is 0 Å². The lowest BCUT2D eigenvalue weighted by atomic mass is 10.1. The molecule has 0 heterocycles. The average molecular weight is 452 g/mol. The fourth-order valence-electron chi connectivity index (χ4n) is 1.12. The maximum Gasteiger partial charge on any atom is 0.0462 e. The van der Waals surface area contributed by atoms with Crippen LogP contribution < -0.4 is 0 Å². The minimum Gasteiger partial charge on any atom is -0.173 e. The van der Waals surface area contributed by atoms with E-state index in [0.29, 0.717) is 0 Å². The van der Waals surface area contributed by atoms with Crippen molar-refractivity contribution in [2.45, 2.75) is 13.1 Å². The fraction of sp³-hybridized carbons (Fsp3) is 0.250. The molecule has 0 amide bonds. The lowest BCUT2D eigenvalue weighted by Crippen LogP contribution is -2.04. The van der Waals surface area contributed by atoms with Gasteiger partial charge in [-0.15, -0.1) is 0 Å². The van der Waals surface area contributed by atoms with E-state index in [2.05, 4.69) is 76.7 Å². The molecular formula is C8H8Br4N2. The third kappa shape index (κ3) is 4.72. The fourth-order valence-corrected chi connectivity index (χ4v) is 2.20. The molecule has 0 aliphatic heterocycles.